The lowest BCUT2D eigenvalue weighted by Gasteiger charge is -2.13. The van der Waals surface area contributed by atoms with Gasteiger partial charge in [0, 0.05) is 38.8 Å². The van der Waals surface area contributed by atoms with Gasteiger partial charge in [-0.3, -0.25) is 4.79 Å². The van der Waals surface area contributed by atoms with Crippen LogP contribution < -0.4 is 11.1 Å². The van der Waals surface area contributed by atoms with Crippen molar-refractivity contribution in [1.82, 2.24) is 24.6 Å². The maximum absolute atomic E-state index is 14.0. The van der Waals surface area contributed by atoms with E-state index in [1.54, 1.807) is 24.3 Å². The molecule has 0 saturated heterocycles. The second kappa shape index (κ2) is 8.92. The molecule has 3 rings (SSSR count). The Morgan fingerprint density at radius 1 is 1.29 bits per heavy atom. The number of halogens is 1. The highest BCUT2D eigenvalue weighted by atomic mass is 32.2. The Labute approximate surface area is 179 Å². The van der Waals surface area contributed by atoms with Crippen molar-refractivity contribution in [3.63, 3.8) is 0 Å². The smallest absolute Gasteiger partial charge is 0.251 e. The fraction of sp³-hybridized carbons (Fsp3) is 0.250. The number of nitrogens with two attached hydrogens (primary N) is 1. The van der Waals surface area contributed by atoms with Gasteiger partial charge in [-0.05, 0) is 35.9 Å². The molecule has 1 aromatic heterocycles. The molecular weight excluding hydrogens is 423 g/mol. The van der Waals surface area contributed by atoms with Crippen LogP contribution in [-0.4, -0.2) is 61.3 Å². The van der Waals surface area contributed by atoms with Gasteiger partial charge < -0.3 is 11.1 Å². The summed E-state index contributed by atoms with van der Waals surface area (Å²) in [7, 11) is 0.723. The van der Waals surface area contributed by atoms with Crippen molar-refractivity contribution >= 4 is 27.0 Å². The summed E-state index contributed by atoms with van der Waals surface area (Å²) in [5.41, 5.74) is 7.53. The van der Waals surface area contributed by atoms with E-state index in [0.717, 1.165) is 4.31 Å². The van der Waals surface area contributed by atoms with Crippen LogP contribution in [0.4, 0.5) is 4.39 Å². The fourth-order valence-corrected chi connectivity index (χ4v) is 4.00. The second-order valence-corrected chi connectivity index (χ2v) is 9.07. The SMILES string of the molecule is CNC(=O)c1cc(-c2cccc(S(=O)(=O)N(C)C)c2)c2nnn(C/C(F)=C/CN)c2c1. The molecule has 3 N–H and O–H groups in total. The van der Waals surface area contributed by atoms with E-state index in [2.05, 4.69) is 15.6 Å². The minimum atomic E-state index is -3.66. The van der Waals surface area contributed by atoms with Gasteiger partial charge in [-0.15, -0.1) is 5.10 Å². The Kier molecular flexibility index (Phi) is 6.48. The van der Waals surface area contributed by atoms with Crippen molar-refractivity contribution in [2.75, 3.05) is 27.7 Å². The molecule has 31 heavy (non-hydrogen) atoms. The first kappa shape index (κ1) is 22.5. The molecule has 164 valence electrons. The van der Waals surface area contributed by atoms with E-state index in [0.29, 0.717) is 27.7 Å². The van der Waals surface area contributed by atoms with Gasteiger partial charge in [-0.25, -0.2) is 21.8 Å². The first-order valence-corrected chi connectivity index (χ1v) is 10.8. The van der Waals surface area contributed by atoms with E-state index in [1.165, 1.54) is 44.0 Å². The van der Waals surface area contributed by atoms with E-state index in [-0.39, 0.29) is 23.9 Å². The molecule has 0 atom stereocenters. The number of hydrogen-bond donors (Lipinski definition) is 2. The Balaban J connectivity index is 2.24. The molecule has 0 aliphatic rings. The number of carbonyl (C=O) groups excluding carboxylic acids is 1. The van der Waals surface area contributed by atoms with Crippen molar-refractivity contribution in [3.8, 4) is 11.1 Å². The number of benzene rings is 2. The van der Waals surface area contributed by atoms with E-state index >= 15 is 0 Å². The van der Waals surface area contributed by atoms with Crippen LogP contribution in [0.15, 0.2) is 53.2 Å². The largest absolute Gasteiger partial charge is 0.355 e. The summed E-state index contributed by atoms with van der Waals surface area (Å²) >= 11 is 0. The summed E-state index contributed by atoms with van der Waals surface area (Å²) in [5, 5.41) is 10.7. The number of nitrogens with zero attached hydrogens (tertiary/aromatic N) is 4. The number of rotatable bonds is 7. The molecule has 0 spiro atoms. The van der Waals surface area contributed by atoms with Gasteiger partial charge in [0.05, 0.1) is 17.0 Å². The van der Waals surface area contributed by atoms with Gasteiger partial charge in [0.2, 0.25) is 10.0 Å². The number of allylic oxidation sites excluding steroid dienone is 1. The number of carbonyl (C=O) groups is 1. The third-order valence-corrected chi connectivity index (χ3v) is 6.48. The molecule has 0 aliphatic heterocycles. The number of amides is 1. The lowest BCUT2D eigenvalue weighted by Crippen LogP contribution is -2.22. The molecule has 3 aromatic rings. The van der Waals surface area contributed by atoms with E-state index in [9.17, 15) is 17.6 Å². The standard InChI is InChI=1S/C20H23FN6O3S/c1-23-20(28)14-10-17(13-5-4-6-16(9-13)31(29,30)26(2)3)19-18(11-14)27(25-24-19)12-15(21)7-8-22/h4-7,9-11H,8,12,22H2,1-3H3,(H,23,28)/b15-7-. The molecule has 1 heterocycles. The summed E-state index contributed by atoms with van der Waals surface area (Å²) in [6.07, 6.45) is 1.23. The molecule has 9 nitrogen and oxygen atoms in total. The van der Waals surface area contributed by atoms with Crippen LogP contribution in [0.1, 0.15) is 10.4 Å². The van der Waals surface area contributed by atoms with Crippen molar-refractivity contribution in [2.45, 2.75) is 11.4 Å². The molecule has 0 fully saturated rings. The molecule has 1 amide bonds. The summed E-state index contributed by atoms with van der Waals surface area (Å²) in [6.45, 7) is -0.153. The molecule has 0 saturated carbocycles. The van der Waals surface area contributed by atoms with Gasteiger partial charge in [0.1, 0.15) is 11.3 Å². The van der Waals surface area contributed by atoms with Crippen molar-refractivity contribution in [1.29, 1.82) is 0 Å². The molecular formula is C20H23FN6O3S. The second-order valence-electron chi connectivity index (χ2n) is 6.92. The van der Waals surface area contributed by atoms with Gasteiger partial charge in [-0.1, -0.05) is 17.3 Å². The van der Waals surface area contributed by atoms with Gasteiger partial charge in [0.25, 0.3) is 5.91 Å². The predicted molar refractivity (Wildman–Crippen MR) is 115 cm³/mol. The zero-order chi connectivity index (χ0) is 22.8. The lowest BCUT2D eigenvalue weighted by molar-refractivity contribution is 0.0963. The van der Waals surface area contributed by atoms with Crippen LogP contribution in [0.3, 0.4) is 0 Å². The van der Waals surface area contributed by atoms with E-state index in [1.807, 2.05) is 0 Å². The number of hydrogen-bond acceptors (Lipinski definition) is 6. The van der Waals surface area contributed by atoms with Crippen molar-refractivity contribution < 1.29 is 17.6 Å². The maximum Gasteiger partial charge on any atom is 0.251 e. The highest BCUT2D eigenvalue weighted by Gasteiger charge is 2.20. The van der Waals surface area contributed by atoms with Crippen molar-refractivity contribution in [2.24, 2.45) is 5.73 Å². The quantitative estimate of drug-likeness (QED) is 0.567. The number of sulfonamides is 1. The van der Waals surface area contributed by atoms with Gasteiger partial charge in [0.15, 0.2) is 0 Å². The van der Waals surface area contributed by atoms with Crippen LogP contribution in [0, 0.1) is 0 Å². The monoisotopic (exact) mass is 446 g/mol. The number of nitrogens with one attached hydrogen (secondary N) is 1. The van der Waals surface area contributed by atoms with Crippen LogP contribution in [0.2, 0.25) is 0 Å². The summed E-state index contributed by atoms with van der Waals surface area (Å²) in [5.74, 6) is -0.841. The number of aromatic nitrogens is 3. The zero-order valence-corrected chi connectivity index (χ0v) is 18.1. The van der Waals surface area contributed by atoms with Gasteiger partial charge in [-0.2, -0.15) is 0 Å². The molecule has 0 bridgehead atoms. The topological polar surface area (TPSA) is 123 Å². The Bertz CT molecular complexity index is 1270. The third kappa shape index (κ3) is 4.48. The third-order valence-electron chi connectivity index (χ3n) is 4.67. The lowest BCUT2D eigenvalue weighted by atomic mass is 10.0. The minimum absolute atomic E-state index is 0.0420. The summed E-state index contributed by atoms with van der Waals surface area (Å²) in [4.78, 5) is 12.4. The number of fused-ring (bicyclic) bond motifs is 1. The first-order valence-electron chi connectivity index (χ1n) is 9.36. The van der Waals surface area contributed by atoms with Crippen LogP contribution in [-0.2, 0) is 16.6 Å². The molecule has 11 heteroatoms. The Morgan fingerprint density at radius 2 is 2.03 bits per heavy atom. The molecule has 0 radical (unpaired) electrons. The zero-order valence-electron chi connectivity index (χ0n) is 17.3. The van der Waals surface area contributed by atoms with E-state index in [4.69, 9.17) is 5.73 Å². The average molecular weight is 447 g/mol. The molecule has 2 aromatic carbocycles. The van der Waals surface area contributed by atoms with Crippen LogP contribution in [0.25, 0.3) is 22.2 Å². The maximum atomic E-state index is 14.0. The average Bonchev–Trinajstić information content (AvgIpc) is 3.15. The Hall–Kier alpha value is -3.15. The fourth-order valence-electron chi connectivity index (χ4n) is 3.05. The normalized spacial score (nSPS) is 12.5. The molecule has 0 unspecified atom stereocenters. The van der Waals surface area contributed by atoms with Crippen molar-refractivity contribution in [3.05, 3.63) is 53.9 Å². The molecule has 0 aliphatic carbocycles. The highest BCUT2D eigenvalue weighted by molar-refractivity contribution is 7.89. The summed E-state index contributed by atoms with van der Waals surface area (Å²) in [6, 6.07) is 9.48. The van der Waals surface area contributed by atoms with Crippen LogP contribution in [0.5, 0.6) is 0 Å². The first-order chi connectivity index (χ1) is 14.7. The predicted octanol–water partition coefficient (Wildman–Crippen LogP) is 1.52. The summed E-state index contributed by atoms with van der Waals surface area (Å²) < 4.78 is 41.6. The van der Waals surface area contributed by atoms with Crippen LogP contribution >= 0.6 is 0 Å². The van der Waals surface area contributed by atoms with Gasteiger partial charge >= 0.3 is 0 Å². The Morgan fingerprint density at radius 3 is 2.68 bits per heavy atom. The highest BCUT2D eigenvalue weighted by Crippen LogP contribution is 2.31. The minimum Gasteiger partial charge on any atom is -0.355 e. The van der Waals surface area contributed by atoms with E-state index < -0.39 is 15.9 Å².